The molecule has 2 amide bonds. The molecule has 4 rings (SSSR count). The van der Waals surface area contributed by atoms with E-state index in [0.717, 1.165) is 11.1 Å². The maximum atomic E-state index is 13.0. The minimum absolute atomic E-state index is 0.0323. The number of hydrogen-bond donors (Lipinski definition) is 3. The molecule has 2 aromatic carbocycles. The fourth-order valence-electron chi connectivity index (χ4n) is 4.45. The van der Waals surface area contributed by atoms with Crippen molar-refractivity contribution in [2.24, 2.45) is 0 Å². The second-order valence-electron chi connectivity index (χ2n) is 9.07. The normalized spacial score (nSPS) is 13.2. The third-order valence-electron chi connectivity index (χ3n) is 6.35. The first-order valence-corrected chi connectivity index (χ1v) is 12.8. The number of nitrogens with one attached hydrogen (secondary N) is 2. The van der Waals surface area contributed by atoms with E-state index in [1.165, 1.54) is 11.8 Å². The number of carboxylic acid groups (broad SMARTS) is 1. The Labute approximate surface area is 227 Å². The number of aliphatic carboxylic acids is 1. The molecule has 39 heavy (non-hydrogen) atoms. The van der Waals surface area contributed by atoms with Gasteiger partial charge in [0.05, 0.1) is 5.92 Å². The van der Waals surface area contributed by atoms with Crippen LogP contribution in [-0.2, 0) is 9.59 Å². The fourth-order valence-corrected chi connectivity index (χ4v) is 4.45. The van der Waals surface area contributed by atoms with Gasteiger partial charge in [0.15, 0.2) is 5.76 Å². The Kier molecular flexibility index (Phi) is 9.13. The van der Waals surface area contributed by atoms with E-state index in [1.54, 1.807) is 36.6 Å². The maximum absolute atomic E-state index is 13.0. The first-order valence-electron chi connectivity index (χ1n) is 12.8. The summed E-state index contributed by atoms with van der Waals surface area (Å²) in [6, 6.07) is 21.8. The molecule has 0 fully saturated rings. The van der Waals surface area contributed by atoms with Gasteiger partial charge in [-0.1, -0.05) is 72.8 Å². The van der Waals surface area contributed by atoms with Crippen LogP contribution in [0.3, 0.4) is 0 Å². The first-order chi connectivity index (χ1) is 18.9. The Balaban J connectivity index is 1.43. The van der Waals surface area contributed by atoms with Gasteiger partial charge in [-0.15, -0.1) is 0 Å². The number of carbonyl (C=O) groups is 3. The second-order valence-corrected chi connectivity index (χ2v) is 9.07. The molecule has 1 atom stereocenters. The Morgan fingerprint density at radius 2 is 1.59 bits per heavy atom. The van der Waals surface area contributed by atoms with Crippen LogP contribution in [0.15, 0.2) is 114 Å². The summed E-state index contributed by atoms with van der Waals surface area (Å²) in [5, 5.41) is 15.4. The fraction of sp³-hybridized carbons (Fsp3) is 0.194. The summed E-state index contributed by atoms with van der Waals surface area (Å²) in [4.78, 5) is 38.7. The topological polar surface area (TPSA) is 112 Å². The van der Waals surface area contributed by atoms with Crippen LogP contribution in [0.4, 0.5) is 0 Å². The molecule has 0 unspecified atom stereocenters. The molecular formula is C31H31N3O5. The molecule has 3 aromatic rings. The molecule has 3 N–H and O–H groups in total. The Morgan fingerprint density at radius 1 is 0.923 bits per heavy atom. The average molecular weight is 526 g/mol. The first kappa shape index (κ1) is 27.2. The highest BCUT2D eigenvalue weighted by atomic mass is 16.4. The highest BCUT2D eigenvalue weighted by Gasteiger charge is 2.25. The van der Waals surface area contributed by atoms with Crippen molar-refractivity contribution in [1.82, 2.24) is 15.5 Å². The van der Waals surface area contributed by atoms with Crippen molar-refractivity contribution in [2.75, 3.05) is 6.54 Å². The number of allylic oxidation sites excluding steroid dienone is 4. The standard InChI is InChI=1S/C31H31N3O5/c1-22(35)34(28-17-9-4-10-20-32-28)21-11-16-25(31(37)38)33-30(36)27-19-18-26(39-27)29(23-12-5-2-6-13-23)24-14-7-3-8-15-24/h2-10,12-15,17-20,25,29,32H,11,16,21H2,1H3,(H,33,36)(H,37,38)/t25-/m0/s1. The molecule has 200 valence electrons. The van der Waals surface area contributed by atoms with E-state index in [2.05, 4.69) is 10.6 Å². The summed E-state index contributed by atoms with van der Waals surface area (Å²) in [7, 11) is 0. The van der Waals surface area contributed by atoms with Crippen molar-refractivity contribution in [3.63, 3.8) is 0 Å². The number of rotatable bonds is 11. The van der Waals surface area contributed by atoms with Crippen molar-refractivity contribution < 1.29 is 23.9 Å². The van der Waals surface area contributed by atoms with Crippen LogP contribution < -0.4 is 10.6 Å². The van der Waals surface area contributed by atoms with E-state index in [0.29, 0.717) is 18.0 Å². The number of amides is 2. The Hall–Kier alpha value is -4.85. The lowest BCUT2D eigenvalue weighted by molar-refractivity contribution is -0.139. The Bertz CT molecular complexity index is 1340. The van der Waals surface area contributed by atoms with Gasteiger partial charge in [-0.3, -0.25) is 14.5 Å². The molecule has 2 heterocycles. The predicted octanol–water partition coefficient (Wildman–Crippen LogP) is 4.79. The average Bonchev–Trinajstić information content (AvgIpc) is 3.26. The van der Waals surface area contributed by atoms with Gasteiger partial charge in [-0.25, -0.2) is 4.79 Å². The van der Waals surface area contributed by atoms with Gasteiger partial charge in [0.2, 0.25) is 5.91 Å². The van der Waals surface area contributed by atoms with Crippen LogP contribution in [0.5, 0.6) is 0 Å². The zero-order valence-electron chi connectivity index (χ0n) is 21.6. The summed E-state index contributed by atoms with van der Waals surface area (Å²) >= 11 is 0. The van der Waals surface area contributed by atoms with Gasteiger partial charge in [-0.2, -0.15) is 0 Å². The predicted molar refractivity (Wildman–Crippen MR) is 148 cm³/mol. The maximum Gasteiger partial charge on any atom is 0.326 e. The largest absolute Gasteiger partial charge is 0.480 e. The number of furan rings is 1. The number of carbonyl (C=O) groups excluding carboxylic acids is 2. The van der Waals surface area contributed by atoms with E-state index < -0.39 is 17.9 Å². The number of carboxylic acids is 1. The van der Waals surface area contributed by atoms with E-state index >= 15 is 0 Å². The van der Waals surface area contributed by atoms with Crippen molar-refractivity contribution >= 4 is 17.8 Å². The lowest BCUT2D eigenvalue weighted by atomic mass is 9.89. The van der Waals surface area contributed by atoms with E-state index in [4.69, 9.17) is 4.42 Å². The minimum Gasteiger partial charge on any atom is -0.480 e. The van der Waals surface area contributed by atoms with E-state index in [9.17, 15) is 19.5 Å². The molecule has 0 saturated heterocycles. The van der Waals surface area contributed by atoms with Crippen molar-refractivity contribution in [1.29, 1.82) is 0 Å². The highest BCUT2D eigenvalue weighted by molar-refractivity contribution is 5.94. The van der Waals surface area contributed by atoms with Crippen LogP contribution in [0, 0.1) is 0 Å². The summed E-state index contributed by atoms with van der Waals surface area (Å²) in [5.74, 6) is -0.966. The molecule has 0 saturated carbocycles. The molecular weight excluding hydrogens is 494 g/mol. The van der Waals surface area contributed by atoms with Crippen LogP contribution in [-0.4, -0.2) is 40.4 Å². The quantitative estimate of drug-likeness (QED) is 0.332. The SMILES string of the molecule is CC(=O)N(CCC[C@H](NC(=O)c1ccc(C(c2ccccc2)c2ccccc2)o1)C(=O)O)C1=CC=CC=CN1. The molecule has 1 aliphatic heterocycles. The molecule has 0 spiro atoms. The zero-order chi connectivity index (χ0) is 27.6. The monoisotopic (exact) mass is 525 g/mol. The van der Waals surface area contributed by atoms with Crippen molar-refractivity contribution in [3.8, 4) is 0 Å². The smallest absolute Gasteiger partial charge is 0.326 e. The van der Waals surface area contributed by atoms with Gasteiger partial charge >= 0.3 is 5.97 Å². The van der Waals surface area contributed by atoms with Crippen LogP contribution in [0.2, 0.25) is 0 Å². The lowest BCUT2D eigenvalue weighted by Crippen LogP contribution is -2.41. The van der Waals surface area contributed by atoms with E-state index in [1.807, 2.05) is 66.7 Å². The van der Waals surface area contributed by atoms with Crippen LogP contribution in [0.1, 0.15) is 53.1 Å². The summed E-state index contributed by atoms with van der Waals surface area (Å²) in [6.45, 7) is 1.74. The molecule has 0 aliphatic carbocycles. The second kappa shape index (κ2) is 13.1. The highest BCUT2D eigenvalue weighted by Crippen LogP contribution is 2.33. The van der Waals surface area contributed by atoms with Crippen molar-refractivity contribution in [2.45, 2.75) is 31.7 Å². The van der Waals surface area contributed by atoms with Crippen LogP contribution in [0.25, 0.3) is 0 Å². The summed E-state index contributed by atoms with van der Waals surface area (Å²) in [6.07, 6.45) is 9.41. The zero-order valence-corrected chi connectivity index (χ0v) is 21.6. The van der Waals surface area contributed by atoms with E-state index in [-0.39, 0.29) is 30.6 Å². The number of benzene rings is 2. The van der Waals surface area contributed by atoms with Crippen molar-refractivity contribution in [3.05, 3.63) is 132 Å². The molecule has 8 nitrogen and oxygen atoms in total. The number of hydrogen-bond acceptors (Lipinski definition) is 5. The van der Waals surface area contributed by atoms with Crippen LogP contribution >= 0.6 is 0 Å². The van der Waals surface area contributed by atoms with Gasteiger partial charge in [-0.05, 0) is 48.3 Å². The van der Waals surface area contributed by atoms with Gasteiger partial charge in [0, 0.05) is 19.7 Å². The Morgan fingerprint density at radius 3 is 2.21 bits per heavy atom. The van der Waals surface area contributed by atoms with Gasteiger partial charge in [0.1, 0.15) is 17.6 Å². The van der Waals surface area contributed by atoms with Gasteiger partial charge < -0.3 is 20.2 Å². The molecule has 1 aromatic heterocycles. The molecule has 8 heteroatoms. The third-order valence-corrected chi connectivity index (χ3v) is 6.35. The number of nitrogens with zero attached hydrogens (tertiary/aromatic N) is 1. The molecule has 0 radical (unpaired) electrons. The van der Waals surface area contributed by atoms with Gasteiger partial charge in [0.25, 0.3) is 5.91 Å². The third kappa shape index (κ3) is 7.13. The summed E-state index contributed by atoms with van der Waals surface area (Å²) in [5.41, 5.74) is 2.01. The molecule has 0 bridgehead atoms. The minimum atomic E-state index is -1.16. The lowest BCUT2D eigenvalue weighted by Gasteiger charge is -2.24. The summed E-state index contributed by atoms with van der Waals surface area (Å²) < 4.78 is 5.98. The molecule has 1 aliphatic rings.